The van der Waals surface area contributed by atoms with Gasteiger partial charge in [0.1, 0.15) is 11.6 Å². The predicted molar refractivity (Wildman–Crippen MR) is 117 cm³/mol. The summed E-state index contributed by atoms with van der Waals surface area (Å²) in [5.74, 6) is 2.15. The lowest BCUT2D eigenvalue weighted by atomic mass is 10.1. The number of para-hydroxylation sites is 2. The van der Waals surface area contributed by atoms with Gasteiger partial charge >= 0.3 is 0 Å². The van der Waals surface area contributed by atoms with Crippen LogP contribution in [-0.2, 0) is 11.3 Å². The van der Waals surface area contributed by atoms with E-state index >= 15 is 0 Å². The molecule has 152 valence electrons. The Bertz CT molecular complexity index is 977. The van der Waals surface area contributed by atoms with Gasteiger partial charge in [0.25, 0.3) is 0 Å². The van der Waals surface area contributed by atoms with Gasteiger partial charge in [-0.3, -0.25) is 4.79 Å². The van der Waals surface area contributed by atoms with Gasteiger partial charge in [0.2, 0.25) is 5.91 Å². The molecule has 0 spiro atoms. The van der Waals surface area contributed by atoms with Gasteiger partial charge in [-0.15, -0.1) is 0 Å². The molecule has 2 heterocycles. The van der Waals surface area contributed by atoms with Crippen LogP contribution in [0.1, 0.15) is 51.3 Å². The maximum atomic E-state index is 12.8. The molecule has 3 aromatic rings. The van der Waals surface area contributed by atoms with Gasteiger partial charge in [0, 0.05) is 31.1 Å². The number of benzene rings is 2. The first-order valence-corrected chi connectivity index (χ1v) is 10.7. The molecule has 0 bridgehead atoms. The Labute approximate surface area is 172 Å². The number of nitrogens with zero attached hydrogens (tertiary/aromatic N) is 3. The second kappa shape index (κ2) is 8.68. The molecule has 29 heavy (non-hydrogen) atoms. The Balaban J connectivity index is 1.59. The first-order valence-electron chi connectivity index (χ1n) is 10.7. The fraction of sp³-hybridized carbons (Fsp3) is 0.417. The zero-order valence-corrected chi connectivity index (χ0v) is 17.3. The topological polar surface area (TPSA) is 47.4 Å². The second-order valence-electron chi connectivity index (χ2n) is 7.65. The van der Waals surface area contributed by atoms with Gasteiger partial charge in [-0.05, 0) is 49.7 Å². The van der Waals surface area contributed by atoms with Gasteiger partial charge in [0.15, 0.2) is 0 Å². The predicted octanol–water partition coefficient (Wildman–Crippen LogP) is 5.15. The first kappa shape index (κ1) is 19.5. The molecule has 4 rings (SSSR count). The Morgan fingerprint density at radius 2 is 1.86 bits per heavy atom. The molecule has 0 saturated carbocycles. The highest BCUT2D eigenvalue weighted by molar-refractivity contribution is 5.96. The van der Waals surface area contributed by atoms with Crippen LogP contribution in [0.2, 0.25) is 0 Å². The van der Waals surface area contributed by atoms with Crippen LogP contribution >= 0.6 is 0 Å². The monoisotopic (exact) mass is 391 g/mol. The minimum atomic E-state index is 0.114. The minimum absolute atomic E-state index is 0.114. The molecule has 0 aliphatic carbocycles. The molecule has 1 amide bonds. The van der Waals surface area contributed by atoms with Gasteiger partial charge in [0.05, 0.1) is 17.6 Å². The standard InChI is InChI=1S/C24H29N3O2/c1-3-5-8-15-26-22-10-7-6-9-21(22)25-24(26)18-16-23(28)27(17-18)19-11-13-20(14-12-19)29-4-2/h6-7,9-14,18H,3-5,8,15-17H2,1-2H3. The maximum absolute atomic E-state index is 12.8. The normalized spacial score (nSPS) is 16.7. The summed E-state index contributed by atoms with van der Waals surface area (Å²) in [6, 6.07) is 16.1. The van der Waals surface area contributed by atoms with E-state index in [1.807, 2.05) is 42.2 Å². The molecule has 1 unspecified atom stereocenters. The third-order valence-corrected chi connectivity index (χ3v) is 5.62. The molecule has 1 fully saturated rings. The molecule has 5 nitrogen and oxygen atoms in total. The highest BCUT2D eigenvalue weighted by atomic mass is 16.5. The molecule has 2 aromatic carbocycles. The second-order valence-corrected chi connectivity index (χ2v) is 7.65. The van der Waals surface area contributed by atoms with Crippen LogP contribution in [0.25, 0.3) is 11.0 Å². The zero-order chi connectivity index (χ0) is 20.2. The van der Waals surface area contributed by atoms with Crippen LogP contribution in [0, 0.1) is 0 Å². The van der Waals surface area contributed by atoms with Crippen molar-refractivity contribution in [1.82, 2.24) is 9.55 Å². The fourth-order valence-corrected chi connectivity index (χ4v) is 4.18. The summed E-state index contributed by atoms with van der Waals surface area (Å²) in [4.78, 5) is 19.6. The summed E-state index contributed by atoms with van der Waals surface area (Å²) in [5, 5.41) is 0. The fourth-order valence-electron chi connectivity index (χ4n) is 4.18. The third kappa shape index (κ3) is 4.00. The van der Waals surface area contributed by atoms with Crippen LogP contribution in [0.15, 0.2) is 48.5 Å². The summed E-state index contributed by atoms with van der Waals surface area (Å²) < 4.78 is 7.86. The van der Waals surface area contributed by atoms with E-state index in [1.165, 1.54) is 18.4 Å². The Kier molecular flexibility index (Phi) is 5.84. The molecule has 0 N–H and O–H groups in total. The minimum Gasteiger partial charge on any atom is -0.494 e. The Morgan fingerprint density at radius 3 is 2.62 bits per heavy atom. The van der Waals surface area contributed by atoms with E-state index in [4.69, 9.17) is 9.72 Å². The van der Waals surface area contributed by atoms with E-state index < -0.39 is 0 Å². The van der Waals surface area contributed by atoms with Crippen molar-refractivity contribution in [2.24, 2.45) is 0 Å². The van der Waals surface area contributed by atoms with E-state index in [9.17, 15) is 4.79 Å². The van der Waals surface area contributed by atoms with Crippen molar-refractivity contribution in [3.8, 4) is 5.75 Å². The number of imidazole rings is 1. The van der Waals surface area contributed by atoms with E-state index in [2.05, 4.69) is 29.7 Å². The number of amides is 1. The molecular weight excluding hydrogens is 362 g/mol. The van der Waals surface area contributed by atoms with Gasteiger partial charge in [-0.25, -0.2) is 4.98 Å². The number of anilines is 1. The van der Waals surface area contributed by atoms with Crippen molar-refractivity contribution in [3.05, 3.63) is 54.4 Å². The Hall–Kier alpha value is -2.82. The summed E-state index contributed by atoms with van der Waals surface area (Å²) in [6.07, 6.45) is 4.03. The van der Waals surface area contributed by atoms with Crippen molar-refractivity contribution in [2.75, 3.05) is 18.1 Å². The smallest absolute Gasteiger partial charge is 0.227 e. The number of rotatable bonds is 8. The molecule has 1 aromatic heterocycles. The van der Waals surface area contributed by atoms with Gasteiger partial charge in [-0.2, -0.15) is 0 Å². The molecule has 1 aliphatic heterocycles. The number of unbranched alkanes of at least 4 members (excludes halogenated alkanes) is 2. The highest BCUT2D eigenvalue weighted by Gasteiger charge is 2.34. The largest absolute Gasteiger partial charge is 0.494 e. The molecule has 1 aliphatic rings. The highest BCUT2D eigenvalue weighted by Crippen LogP contribution is 2.34. The van der Waals surface area contributed by atoms with E-state index in [0.29, 0.717) is 19.6 Å². The lowest BCUT2D eigenvalue weighted by Gasteiger charge is -2.18. The van der Waals surface area contributed by atoms with Crippen molar-refractivity contribution in [2.45, 2.75) is 52.0 Å². The summed E-state index contributed by atoms with van der Waals surface area (Å²) in [5.41, 5.74) is 3.12. The van der Waals surface area contributed by atoms with Crippen LogP contribution in [-0.4, -0.2) is 28.6 Å². The maximum Gasteiger partial charge on any atom is 0.227 e. The molecule has 0 radical (unpaired) electrons. The molecule has 1 saturated heterocycles. The average Bonchev–Trinajstić information content (AvgIpc) is 3.30. The lowest BCUT2D eigenvalue weighted by Crippen LogP contribution is -2.24. The summed E-state index contributed by atoms with van der Waals surface area (Å²) in [7, 11) is 0. The molecule has 5 heteroatoms. The summed E-state index contributed by atoms with van der Waals surface area (Å²) in [6.45, 7) is 6.45. The molecular formula is C24H29N3O2. The SMILES string of the molecule is CCCCCn1c(C2CC(=O)N(c3ccc(OCC)cc3)C2)nc2ccccc21. The number of ether oxygens (including phenoxy) is 1. The van der Waals surface area contributed by atoms with Gasteiger partial charge < -0.3 is 14.2 Å². The number of hydrogen-bond donors (Lipinski definition) is 0. The number of aromatic nitrogens is 2. The van der Waals surface area contributed by atoms with Gasteiger partial charge in [-0.1, -0.05) is 31.9 Å². The lowest BCUT2D eigenvalue weighted by molar-refractivity contribution is -0.117. The van der Waals surface area contributed by atoms with Crippen molar-refractivity contribution >= 4 is 22.6 Å². The quantitative estimate of drug-likeness (QED) is 0.499. The Morgan fingerprint density at radius 1 is 1.07 bits per heavy atom. The number of carbonyl (C=O) groups excluding carboxylic acids is 1. The van der Waals surface area contributed by atoms with Crippen molar-refractivity contribution in [3.63, 3.8) is 0 Å². The third-order valence-electron chi connectivity index (χ3n) is 5.62. The van der Waals surface area contributed by atoms with E-state index in [-0.39, 0.29) is 11.8 Å². The average molecular weight is 392 g/mol. The number of hydrogen-bond acceptors (Lipinski definition) is 3. The van der Waals surface area contributed by atoms with E-state index in [1.54, 1.807) is 0 Å². The van der Waals surface area contributed by atoms with Crippen LogP contribution in [0.3, 0.4) is 0 Å². The van der Waals surface area contributed by atoms with E-state index in [0.717, 1.165) is 35.7 Å². The molecule has 1 atom stereocenters. The van der Waals surface area contributed by atoms with Crippen LogP contribution in [0.5, 0.6) is 5.75 Å². The van der Waals surface area contributed by atoms with Crippen LogP contribution in [0.4, 0.5) is 5.69 Å². The zero-order valence-electron chi connectivity index (χ0n) is 17.3. The van der Waals surface area contributed by atoms with Crippen molar-refractivity contribution in [1.29, 1.82) is 0 Å². The number of carbonyl (C=O) groups is 1. The summed E-state index contributed by atoms with van der Waals surface area (Å²) >= 11 is 0. The van der Waals surface area contributed by atoms with Crippen molar-refractivity contribution < 1.29 is 9.53 Å². The number of aryl methyl sites for hydroxylation is 1. The first-order chi connectivity index (χ1) is 14.2. The number of fused-ring (bicyclic) bond motifs is 1. The van der Waals surface area contributed by atoms with Crippen LogP contribution < -0.4 is 9.64 Å².